The topological polar surface area (TPSA) is 27.7 Å². The molecule has 0 N–H and O–H groups in total. The second-order valence-electron chi connectivity index (χ2n) is 5.84. The Hall–Kier alpha value is 0.0200. The Kier molecular flexibility index (Phi) is 4.50. The van der Waals surface area contributed by atoms with Gasteiger partial charge < -0.3 is 13.7 Å². The van der Waals surface area contributed by atoms with Gasteiger partial charge in [-0.2, -0.15) is 0 Å². The average Bonchev–Trinajstić information content (AvgIpc) is 2.55. The molecular formula is C15H19IO3S. The lowest BCUT2D eigenvalue weighted by molar-refractivity contribution is -0.196. The zero-order valence-electron chi connectivity index (χ0n) is 11.6. The van der Waals surface area contributed by atoms with Crippen molar-refractivity contribution in [3.8, 4) is 5.75 Å². The Morgan fingerprint density at radius 3 is 2.40 bits per heavy atom. The zero-order valence-corrected chi connectivity index (χ0v) is 14.5. The third-order valence-electron chi connectivity index (χ3n) is 4.80. The fourth-order valence-corrected chi connectivity index (χ4v) is 4.04. The van der Waals surface area contributed by atoms with Crippen molar-refractivity contribution >= 4 is 30.4 Å². The molecule has 4 rings (SSSR count). The summed E-state index contributed by atoms with van der Waals surface area (Å²) in [4.78, 5) is 0. The number of rotatable bonds is 5. The number of ether oxygens (including phenoxy) is 2. The van der Waals surface area contributed by atoms with E-state index in [0.29, 0.717) is 0 Å². The van der Waals surface area contributed by atoms with Crippen LogP contribution in [0.2, 0.25) is 0 Å². The molecule has 1 aromatic carbocycles. The van der Waals surface area contributed by atoms with Crippen LogP contribution in [0, 0.1) is 5.41 Å². The highest BCUT2D eigenvalue weighted by atomic mass is 127. The maximum atomic E-state index is 6.29. The normalized spacial score (nSPS) is 32.3. The molecule has 2 bridgehead atoms. The summed E-state index contributed by atoms with van der Waals surface area (Å²) < 4.78 is 17.1. The summed E-state index contributed by atoms with van der Waals surface area (Å²) >= 11 is 2.18. The van der Waals surface area contributed by atoms with Gasteiger partial charge in [0, 0.05) is 26.6 Å². The molecule has 20 heavy (non-hydrogen) atoms. The molecule has 2 aliphatic heterocycles. The molecule has 1 aromatic rings. The van der Waals surface area contributed by atoms with E-state index in [1.165, 1.54) is 27.6 Å². The Morgan fingerprint density at radius 1 is 1.20 bits per heavy atom. The summed E-state index contributed by atoms with van der Waals surface area (Å²) in [5, 5.41) is 0. The van der Waals surface area contributed by atoms with Gasteiger partial charge >= 0.3 is 0 Å². The van der Waals surface area contributed by atoms with Crippen LogP contribution < -0.4 is 4.74 Å². The standard InChI is InChI=1S/C15H19IO3S/c1-17-13-4-2-12(3-5-13)15-8-6-14(7-9-15,10-18-15)11-19-20-16/h2-5H,6-11H2,1H3. The van der Waals surface area contributed by atoms with E-state index in [9.17, 15) is 0 Å². The smallest absolute Gasteiger partial charge is 0.118 e. The van der Waals surface area contributed by atoms with Crippen LogP contribution in [0.15, 0.2) is 24.3 Å². The van der Waals surface area contributed by atoms with Gasteiger partial charge in [0.15, 0.2) is 0 Å². The molecule has 2 heterocycles. The molecule has 2 saturated heterocycles. The third-order valence-corrected chi connectivity index (χ3v) is 5.77. The first kappa shape index (κ1) is 14.9. The lowest BCUT2D eigenvalue weighted by Crippen LogP contribution is -2.50. The van der Waals surface area contributed by atoms with E-state index in [1.807, 2.05) is 12.1 Å². The zero-order chi connectivity index (χ0) is 14.1. The molecule has 3 nitrogen and oxygen atoms in total. The van der Waals surface area contributed by atoms with Gasteiger partial charge in [0.1, 0.15) is 5.75 Å². The first-order chi connectivity index (χ1) is 9.72. The predicted molar refractivity (Wildman–Crippen MR) is 89.1 cm³/mol. The Balaban J connectivity index is 1.73. The van der Waals surface area contributed by atoms with E-state index in [2.05, 4.69) is 33.3 Å². The summed E-state index contributed by atoms with van der Waals surface area (Å²) in [7, 11) is 3.13. The number of halogens is 1. The Bertz CT molecular complexity index is 438. The van der Waals surface area contributed by atoms with Crippen LogP contribution in [0.4, 0.5) is 0 Å². The maximum Gasteiger partial charge on any atom is 0.118 e. The van der Waals surface area contributed by atoms with Crippen LogP contribution in [0.3, 0.4) is 0 Å². The number of methoxy groups -OCH3 is 1. The summed E-state index contributed by atoms with van der Waals surface area (Å²) in [6.45, 7) is 1.62. The van der Waals surface area contributed by atoms with Gasteiger partial charge in [-0.15, -0.1) is 0 Å². The van der Waals surface area contributed by atoms with Crippen molar-refractivity contribution in [3.63, 3.8) is 0 Å². The highest BCUT2D eigenvalue weighted by Crippen LogP contribution is 2.54. The van der Waals surface area contributed by atoms with Crippen molar-refractivity contribution < 1.29 is 13.7 Å². The number of hydrogen-bond acceptors (Lipinski definition) is 4. The minimum atomic E-state index is -0.0779. The molecule has 0 radical (unpaired) electrons. The molecule has 0 spiro atoms. The molecule has 0 atom stereocenters. The van der Waals surface area contributed by atoms with Crippen molar-refractivity contribution in [2.75, 3.05) is 20.3 Å². The molecule has 3 aliphatic rings. The van der Waals surface area contributed by atoms with Crippen molar-refractivity contribution in [2.45, 2.75) is 31.3 Å². The largest absolute Gasteiger partial charge is 0.497 e. The number of hydrogen-bond donors (Lipinski definition) is 0. The summed E-state index contributed by atoms with van der Waals surface area (Å²) in [5.74, 6) is 0.901. The second-order valence-corrected chi connectivity index (χ2v) is 7.28. The van der Waals surface area contributed by atoms with Gasteiger partial charge in [-0.1, -0.05) is 12.1 Å². The maximum absolute atomic E-state index is 6.29. The van der Waals surface area contributed by atoms with Gasteiger partial charge in [-0.3, -0.25) is 0 Å². The lowest BCUT2D eigenvalue weighted by Gasteiger charge is -2.53. The van der Waals surface area contributed by atoms with E-state index >= 15 is 0 Å². The van der Waals surface area contributed by atoms with Crippen LogP contribution >= 0.6 is 30.4 Å². The quantitative estimate of drug-likeness (QED) is 0.532. The van der Waals surface area contributed by atoms with E-state index in [0.717, 1.165) is 31.8 Å². The first-order valence-corrected chi connectivity index (χ1v) is 10.2. The first-order valence-electron chi connectivity index (χ1n) is 6.91. The van der Waals surface area contributed by atoms with Gasteiger partial charge in [-0.25, -0.2) is 0 Å². The van der Waals surface area contributed by atoms with Crippen LogP contribution in [-0.2, 0) is 14.5 Å². The molecule has 0 aromatic heterocycles. The Morgan fingerprint density at radius 2 is 1.90 bits per heavy atom. The number of fused-ring (bicyclic) bond motifs is 3. The molecule has 1 aliphatic carbocycles. The molecular weight excluding hydrogens is 387 g/mol. The van der Waals surface area contributed by atoms with E-state index < -0.39 is 0 Å². The van der Waals surface area contributed by atoms with Crippen LogP contribution in [0.1, 0.15) is 31.2 Å². The van der Waals surface area contributed by atoms with Gasteiger partial charge in [0.25, 0.3) is 0 Å². The van der Waals surface area contributed by atoms with E-state index in [4.69, 9.17) is 13.7 Å². The lowest BCUT2D eigenvalue weighted by atomic mass is 9.64. The van der Waals surface area contributed by atoms with E-state index in [1.54, 1.807) is 7.11 Å². The monoisotopic (exact) mass is 406 g/mol. The molecule has 110 valence electrons. The van der Waals surface area contributed by atoms with Crippen molar-refractivity contribution in [3.05, 3.63) is 29.8 Å². The molecule has 1 saturated carbocycles. The molecule has 0 amide bonds. The minimum Gasteiger partial charge on any atom is -0.497 e. The highest BCUT2D eigenvalue weighted by molar-refractivity contribution is 14.2. The third kappa shape index (κ3) is 2.69. The SMILES string of the molecule is COc1ccc(C23CCC(COSI)(CC2)CO3)cc1. The minimum absolute atomic E-state index is 0.0779. The summed E-state index contributed by atoms with van der Waals surface area (Å²) in [6, 6.07) is 8.35. The van der Waals surface area contributed by atoms with Crippen LogP contribution in [0.5, 0.6) is 5.75 Å². The van der Waals surface area contributed by atoms with Gasteiger partial charge in [-0.05, 0) is 43.4 Å². The number of benzene rings is 1. The summed E-state index contributed by atoms with van der Waals surface area (Å²) in [6.07, 6.45) is 4.57. The Labute approximate surface area is 136 Å². The summed E-state index contributed by atoms with van der Waals surface area (Å²) in [5.41, 5.74) is 1.45. The van der Waals surface area contributed by atoms with Crippen LogP contribution in [0.25, 0.3) is 0 Å². The van der Waals surface area contributed by atoms with Crippen molar-refractivity contribution in [1.82, 2.24) is 0 Å². The van der Waals surface area contributed by atoms with E-state index in [-0.39, 0.29) is 11.0 Å². The van der Waals surface area contributed by atoms with Gasteiger partial charge in [0.05, 0.1) is 35.1 Å². The van der Waals surface area contributed by atoms with Crippen molar-refractivity contribution in [1.29, 1.82) is 0 Å². The molecule has 3 fully saturated rings. The molecule has 0 unspecified atom stereocenters. The van der Waals surface area contributed by atoms with Crippen LogP contribution in [-0.4, -0.2) is 20.3 Å². The molecule has 5 heteroatoms. The fourth-order valence-electron chi connectivity index (χ4n) is 3.36. The van der Waals surface area contributed by atoms with Gasteiger partial charge in [0.2, 0.25) is 0 Å². The average molecular weight is 406 g/mol. The second kappa shape index (κ2) is 6.02. The predicted octanol–water partition coefficient (Wildman–Crippen LogP) is 4.50. The fraction of sp³-hybridized carbons (Fsp3) is 0.600. The van der Waals surface area contributed by atoms with Crippen molar-refractivity contribution in [2.24, 2.45) is 5.41 Å². The highest BCUT2D eigenvalue weighted by Gasteiger charge is 2.50.